The van der Waals surface area contributed by atoms with Crippen LogP contribution in [0.15, 0.2) is 71.6 Å². The van der Waals surface area contributed by atoms with Crippen LogP contribution in [0, 0.1) is 12.7 Å². The summed E-state index contributed by atoms with van der Waals surface area (Å²) in [4.78, 5) is 28.1. The van der Waals surface area contributed by atoms with Crippen LogP contribution in [0.25, 0.3) is 0 Å². The van der Waals surface area contributed by atoms with Gasteiger partial charge in [0.15, 0.2) is 0 Å². The molecule has 7 nitrogen and oxygen atoms in total. The molecular formula is C29H32Cl2FN3O4S. The molecule has 0 saturated heterocycles. The van der Waals surface area contributed by atoms with Crippen LogP contribution < -0.4 is 9.62 Å². The Morgan fingerprint density at radius 2 is 1.62 bits per heavy atom. The van der Waals surface area contributed by atoms with Crippen molar-refractivity contribution in [2.45, 2.75) is 57.6 Å². The molecule has 3 aromatic rings. The quantitative estimate of drug-likeness (QED) is 0.291. The van der Waals surface area contributed by atoms with E-state index in [0.717, 1.165) is 15.9 Å². The SMILES string of the molecule is CC[C@H](C)NC(=O)[C@H](C)N(Cc1ccc(Cl)c(Cl)c1)C(=O)CN(c1ccccc1F)S(=O)(=O)c1ccc(C)cc1. The summed E-state index contributed by atoms with van der Waals surface area (Å²) in [5.41, 5.74) is 1.12. The van der Waals surface area contributed by atoms with Gasteiger partial charge in [-0.2, -0.15) is 0 Å². The second kappa shape index (κ2) is 13.5. The van der Waals surface area contributed by atoms with Crippen molar-refractivity contribution in [3.63, 3.8) is 0 Å². The molecule has 2 amide bonds. The zero-order valence-electron chi connectivity index (χ0n) is 22.7. The molecule has 0 fully saturated rings. The van der Waals surface area contributed by atoms with Gasteiger partial charge in [0.25, 0.3) is 10.0 Å². The van der Waals surface area contributed by atoms with Crippen LogP contribution in [-0.2, 0) is 26.2 Å². The normalized spacial score (nSPS) is 12.9. The Balaban J connectivity index is 2.05. The Morgan fingerprint density at radius 3 is 2.23 bits per heavy atom. The highest BCUT2D eigenvalue weighted by Gasteiger charge is 2.33. The average molecular weight is 609 g/mol. The molecule has 0 heterocycles. The lowest BCUT2D eigenvalue weighted by Crippen LogP contribution is -2.52. The molecule has 11 heteroatoms. The summed E-state index contributed by atoms with van der Waals surface area (Å²) in [5, 5.41) is 3.44. The molecular weight excluding hydrogens is 576 g/mol. The van der Waals surface area contributed by atoms with Crippen LogP contribution >= 0.6 is 23.2 Å². The number of rotatable bonds is 11. The van der Waals surface area contributed by atoms with Crippen LogP contribution in [0.2, 0.25) is 10.0 Å². The van der Waals surface area contributed by atoms with E-state index in [1.807, 2.05) is 13.8 Å². The fourth-order valence-electron chi connectivity index (χ4n) is 3.89. The zero-order chi connectivity index (χ0) is 29.6. The number of nitrogens with zero attached hydrogens (tertiary/aromatic N) is 2. The van der Waals surface area contributed by atoms with Crippen LogP contribution in [0.3, 0.4) is 0 Å². The van der Waals surface area contributed by atoms with E-state index >= 15 is 0 Å². The highest BCUT2D eigenvalue weighted by atomic mass is 35.5. The summed E-state index contributed by atoms with van der Waals surface area (Å²) < 4.78 is 43.2. The number of carbonyl (C=O) groups is 2. The highest BCUT2D eigenvalue weighted by Crippen LogP contribution is 2.28. The van der Waals surface area contributed by atoms with Crippen LogP contribution in [-0.4, -0.2) is 43.8 Å². The predicted molar refractivity (Wildman–Crippen MR) is 156 cm³/mol. The van der Waals surface area contributed by atoms with Gasteiger partial charge in [-0.3, -0.25) is 13.9 Å². The minimum absolute atomic E-state index is 0.0689. The van der Waals surface area contributed by atoms with Crippen molar-refractivity contribution in [1.29, 1.82) is 0 Å². The highest BCUT2D eigenvalue weighted by molar-refractivity contribution is 7.92. The van der Waals surface area contributed by atoms with Gasteiger partial charge in [0, 0.05) is 12.6 Å². The minimum Gasteiger partial charge on any atom is -0.352 e. The van der Waals surface area contributed by atoms with Gasteiger partial charge in [-0.15, -0.1) is 0 Å². The number of aryl methyl sites for hydroxylation is 1. The van der Waals surface area contributed by atoms with E-state index in [4.69, 9.17) is 23.2 Å². The maximum Gasteiger partial charge on any atom is 0.264 e. The number of para-hydroxylation sites is 1. The van der Waals surface area contributed by atoms with Gasteiger partial charge in [0.1, 0.15) is 18.4 Å². The van der Waals surface area contributed by atoms with Crippen LogP contribution in [0.1, 0.15) is 38.3 Å². The topological polar surface area (TPSA) is 86.8 Å². The minimum atomic E-state index is -4.37. The number of nitrogens with one attached hydrogen (secondary N) is 1. The molecule has 214 valence electrons. The van der Waals surface area contributed by atoms with Crippen LogP contribution in [0.4, 0.5) is 10.1 Å². The van der Waals surface area contributed by atoms with E-state index in [0.29, 0.717) is 17.0 Å². The van der Waals surface area contributed by atoms with E-state index in [1.54, 1.807) is 44.2 Å². The van der Waals surface area contributed by atoms with Crippen molar-refractivity contribution < 1.29 is 22.4 Å². The first-order valence-corrected chi connectivity index (χ1v) is 14.9. The third-order valence-corrected chi connectivity index (χ3v) is 9.03. The molecule has 2 atom stereocenters. The summed E-state index contributed by atoms with van der Waals surface area (Å²) in [6.07, 6.45) is 0.676. The summed E-state index contributed by atoms with van der Waals surface area (Å²) >= 11 is 12.2. The van der Waals surface area contributed by atoms with Gasteiger partial charge >= 0.3 is 0 Å². The smallest absolute Gasteiger partial charge is 0.264 e. The molecule has 0 aromatic heterocycles. The molecule has 0 radical (unpaired) electrons. The average Bonchev–Trinajstić information content (AvgIpc) is 2.92. The third kappa shape index (κ3) is 7.53. The molecule has 0 unspecified atom stereocenters. The fraction of sp³-hybridized carbons (Fsp3) is 0.310. The number of hydrogen-bond acceptors (Lipinski definition) is 4. The number of anilines is 1. The summed E-state index contributed by atoms with van der Waals surface area (Å²) in [6.45, 7) is 6.29. The van der Waals surface area contributed by atoms with Crippen molar-refractivity contribution in [3.8, 4) is 0 Å². The number of benzene rings is 3. The van der Waals surface area contributed by atoms with Gasteiger partial charge in [-0.05, 0) is 69.2 Å². The number of carbonyl (C=O) groups excluding carboxylic acids is 2. The molecule has 0 aliphatic rings. The van der Waals surface area contributed by atoms with E-state index in [1.165, 1.54) is 35.2 Å². The van der Waals surface area contributed by atoms with E-state index in [9.17, 15) is 22.4 Å². The van der Waals surface area contributed by atoms with Gasteiger partial charge in [-0.1, -0.05) is 66.0 Å². The Labute approximate surface area is 244 Å². The number of halogens is 3. The first-order valence-electron chi connectivity index (χ1n) is 12.7. The van der Waals surface area contributed by atoms with E-state index in [-0.39, 0.29) is 28.2 Å². The van der Waals surface area contributed by atoms with Crippen molar-refractivity contribution >= 4 is 50.7 Å². The van der Waals surface area contributed by atoms with Crippen LogP contribution in [0.5, 0.6) is 0 Å². The van der Waals surface area contributed by atoms with Gasteiger partial charge in [-0.25, -0.2) is 12.8 Å². The summed E-state index contributed by atoms with van der Waals surface area (Å²) in [6, 6.07) is 15.0. The second-order valence-corrected chi connectivity index (χ2v) is 12.2. The molecule has 1 N–H and O–H groups in total. The Kier molecular flexibility index (Phi) is 10.6. The number of hydrogen-bond donors (Lipinski definition) is 1. The Morgan fingerprint density at radius 1 is 0.975 bits per heavy atom. The molecule has 0 aliphatic carbocycles. The third-order valence-electron chi connectivity index (χ3n) is 6.51. The molecule has 0 aliphatic heterocycles. The van der Waals surface area contributed by atoms with Crippen molar-refractivity contribution in [2.75, 3.05) is 10.8 Å². The lowest BCUT2D eigenvalue weighted by molar-refractivity contribution is -0.139. The molecule has 3 aromatic carbocycles. The maximum atomic E-state index is 15.0. The Bertz CT molecular complexity index is 1470. The van der Waals surface area contributed by atoms with Gasteiger partial charge in [0.2, 0.25) is 11.8 Å². The first-order chi connectivity index (χ1) is 18.8. The molecule has 3 rings (SSSR count). The monoisotopic (exact) mass is 607 g/mol. The maximum absolute atomic E-state index is 15.0. The molecule has 40 heavy (non-hydrogen) atoms. The Hall–Kier alpha value is -3.14. The van der Waals surface area contributed by atoms with Crippen molar-refractivity contribution in [3.05, 3.63) is 93.7 Å². The lowest BCUT2D eigenvalue weighted by Gasteiger charge is -2.32. The predicted octanol–water partition coefficient (Wildman–Crippen LogP) is 5.97. The van der Waals surface area contributed by atoms with Crippen molar-refractivity contribution in [1.82, 2.24) is 10.2 Å². The summed E-state index contributed by atoms with van der Waals surface area (Å²) in [5.74, 6) is -1.94. The first kappa shape index (κ1) is 31.4. The second-order valence-electron chi connectivity index (χ2n) is 9.54. The number of sulfonamides is 1. The van der Waals surface area contributed by atoms with Gasteiger partial charge in [0.05, 0.1) is 20.6 Å². The zero-order valence-corrected chi connectivity index (χ0v) is 25.0. The largest absolute Gasteiger partial charge is 0.352 e. The standard InChI is InChI=1S/C29H32Cl2FN3O4S/c1-5-20(3)33-29(37)21(4)34(17-22-12-15-24(30)25(31)16-22)28(36)18-35(27-9-7-6-8-26(27)32)40(38,39)23-13-10-19(2)11-14-23/h6-16,20-21H,5,17-18H2,1-4H3,(H,33,37)/t20-,21-/m0/s1. The molecule has 0 bridgehead atoms. The molecule has 0 spiro atoms. The lowest BCUT2D eigenvalue weighted by atomic mass is 10.1. The fourth-order valence-corrected chi connectivity index (χ4v) is 5.63. The number of amides is 2. The summed E-state index contributed by atoms with van der Waals surface area (Å²) in [7, 11) is -4.37. The van der Waals surface area contributed by atoms with E-state index < -0.39 is 40.2 Å². The van der Waals surface area contributed by atoms with Gasteiger partial charge < -0.3 is 10.2 Å². The van der Waals surface area contributed by atoms with E-state index in [2.05, 4.69) is 5.32 Å². The van der Waals surface area contributed by atoms with Crippen molar-refractivity contribution in [2.24, 2.45) is 0 Å². The molecule has 0 saturated carbocycles.